The predicted molar refractivity (Wildman–Crippen MR) is 126 cm³/mol. The van der Waals surface area contributed by atoms with Crippen molar-refractivity contribution in [3.8, 4) is 17.2 Å². The van der Waals surface area contributed by atoms with Gasteiger partial charge in [-0.1, -0.05) is 23.7 Å². The van der Waals surface area contributed by atoms with Crippen LogP contribution in [0.25, 0.3) is 0 Å². The summed E-state index contributed by atoms with van der Waals surface area (Å²) >= 11 is 9.59. The summed E-state index contributed by atoms with van der Waals surface area (Å²) in [5.41, 5.74) is 3.14. The summed E-state index contributed by atoms with van der Waals surface area (Å²) in [6.45, 7) is 6.24. The van der Waals surface area contributed by atoms with E-state index in [4.69, 9.17) is 25.8 Å². The zero-order valence-corrected chi connectivity index (χ0v) is 19.4. The van der Waals surface area contributed by atoms with E-state index in [1.165, 1.54) is 0 Å². The third-order valence-electron chi connectivity index (χ3n) is 4.33. The van der Waals surface area contributed by atoms with Crippen LogP contribution in [-0.4, -0.2) is 13.2 Å². The molecule has 6 heteroatoms. The van der Waals surface area contributed by atoms with Gasteiger partial charge in [0.05, 0.1) is 17.7 Å². The molecule has 0 aliphatic carbocycles. The van der Waals surface area contributed by atoms with E-state index < -0.39 is 0 Å². The summed E-state index contributed by atoms with van der Waals surface area (Å²) in [4.78, 5) is 0. The molecule has 3 aromatic carbocycles. The van der Waals surface area contributed by atoms with Gasteiger partial charge in [0, 0.05) is 17.3 Å². The minimum Gasteiger partial charge on any atom is -0.494 e. The molecule has 0 fully saturated rings. The van der Waals surface area contributed by atoms with Crippen molar-refractivity contribution in [2.75, 3.05) is 18.5 Å². The van der Waals surface area contributed by atoms with Crippen molar-refractivity contribution in [3.05, 3.63) is 81.3 Å². The van der Waals surface area contributed by atoms with Gasteiger partial charge in [-0.2, -0.15) is 0 Å². The van der Waals surface area contributed by atoms with Gasteiger partial charge in [-0.15, -0.1) is 0 Å². The Morgan fingerprint density at radius 1 is 0.833 bits per heavy atom. The van der Waals surface area contributed by atoms with Gasteiger partial charge in [-0.25, -0.2) is 0 Å². The molecule has 0 radical (unpaired) electrons. The molecule has 0 saturated carbocycles. The Balaban J connectivity index is 1.69. The Morgan fingerprint density at radius 3 is 2.20 bits per heavy atom. The maximum atomic E-state index is 6.05. The van der Waals surface area contributed by atoms with E-state index in [1.807, 2.05) is 74.5 Å². The van der Waals surface area contributed by atoms with E-state index in [9.17, 15) is 0 Å². The van der Waals surface area contributed by atoms with Gasteiger partial charge in [0.25, 0.3) is 0 Å². The molecule has 0 aromatic heterocycles. The first-order valence-electron chi connectivity index (χ1n) is 9.88. The van der Waals surface area contributed by atoms with Crippen LogP contribution in [0, 0.1) is 0 Å². The highest BCUT2D eigenvalue weighted by Gasteiger charge is 2.13. The van der Waals surface area contributed by atoms with Crippen molar-refractivity contribution in [1.29, 1.82) is 0 Å². The number of rotatable bonds is 10. The summed E-state index contributed by atoms with van der Waals surface area (Å²) in [6.07, 6.45) is 0. The Kier molecular flexibility index (Phi) is 8.29. The van der Waals surface area contributed by atoms with E-state index in [0.29, 0.717) is 42.9 Å². The minimum atomic E-state index is 0.430. The van der Waals surface area contributed by atoms with Crippen LogP contribution in [0.15, 0.2) is 65.1 Å². The normalized spacial score (nSPS) is 10.5. The lowest BCUT2D eigenvalue weighted by Crippen LogP contribution is -2.04. The second-order valence-electron chi connectivity index (χ2n) is 6.56. The summed E-state index contributed by atoms with van der Waals surface area (Å²) in [6, 6.07) is 19.6. The Labute approximate surface area is 191 Å². The van der Waals surface area contributed by atoms with Gasteiger partial charge in [0.15, 0.2) is 11.5 Å². The number of hydrogen-bond acceptors (Lipinski definition) is 4. The summed E-state index contributed by atoms with van der Waals surface area (Å²) in [7, 11) is 0. The molecule has 3 aromatic rings. The van der Waals surface area contributed by atoms with Crippen LogP contribution in [0.3, 0.4) is 0 Å². The largest absolute Gasteiger partial charge is 0.494 e. The van der Waals surface area contributed by atoms with E-state index in [-0.39, 0.29) is 0 Å². The molecule has 0 amide bonds. The lowest BCUT2D eigenvalue weighted by Gasteiger charge is -2.16. The second kappa shape index (κ2) is 11.1. The third-order valence-corrected chi connectivity index (χ3v) is 5.17. The van der Waals surface area contributed by atoms with Crippen LogP contribution < -0.4 is 19.5 Å². The fraction of sp³-hybridized carbons (Fsp3) is 0.250. The van der Waals surface area contributed by atoms with Gasteiger partial charge in [0.2, 0.25) is 0 Å². The van der Waals surface area contributed by atoms with Crippen molar-refractivity contribution < 1.29 is 14.2 Å². The second-order valence-corrected chi connectivity index (χ2v) is 7.85. The molecule has 0 heterocycles. The lowest BCUT2D eigenvalue weighted by molar-refractivity contribution is 0.267. The van der Waals surface area contributed by atoms with Gasteiger partial charge < -0.3 is 19.5 Å². The number of nitrogens with one attached hydrogen (secondary N) is 1. The molecular weight excluding hydrogens is 466 g/mol. The first-order valence-corrected chi connectivity index (χ1v) is 11.0. The van der Waals surface area contributed by atoms with Gasteiger partial charge in [-0.05, 0) is 89.4 Å². The van der Waals surface area contributed by atoms with Crippen molar-refractivity contribution >= 4 is 33.2 Å². The minimum absolute atomic E-state index is 0.430. The highest BCUT2D eigenvalue weighted by molar-refractivity contribution is 9.10. The van der Waals surface area contributed by atoms with Crippen molar-refractivity contribution in [3.63, 3.8) is 0 Å². The highest BCUT2D eigenvalue weighted by atomic mass is 79.9. The van der Waals surface area contributed by atoms with Crippen LogP contribution in [0.1, 0.15) is 25.0 Å². The van der Waals surface area contributed by atoms with Crippen LogP contribution in [-0.2, 0) is 13.2 Å². The fourth-order valence-corrected chi connectivity index (χ4v) is 3.63. The van der Waals surface area contributed by atoms with E-state index >= 15 is 0 Å². The molecule has 3 rings (SSSR count). The number of ether oxygens (including phenoxy) is 3. The summed E-state index contributed by atoms with van der Waals surface area (Å²) in [5.74, 6) is 2.27. The summed E-state index contributed by atoms with van der Waals surface area (Å²) < 4.78 is 18.2. The van der Waals surface area contributed by atoms with E-state index in [1.54, 1.807) is 0 Å². The maximum absolute atomic E-state index is 6.05. The first-order chi connectivity index (χ1) is 14.6. The molecule has 0 spiro atoms. The molecule has 158 valence electrons. The maximum Gasteiger partial charge on any atom is 0.175 e. The molecule has 0 unspecified atom stereocenters. The zero-order valence-electron chi connectivity index (χ0n) is 17.1. The van der Waals surface area contributed by atoms with Gasteiger partial charge in [-0.3, -0.25) is 0 Å². The number of halogens is 2. The van der Waals surface area contributed by atoms with Crippen molar-refractivity contribution in [2.24, 2.45) is 0 Å². The third kappa shape index (κ3) is 6.31. The first kappa shape index (κ1) is 22.3. The van der Waals surface area contributed by atoms with E-state index in [0.717, 1.165) is 27.0 Å². The molecular formula is C24H25BrClNO3. The SMILES string of the molecule is CCOc1ccc(NCc2cc(Br)c(OCc3ccc(Cl)cc3)c(OCC)c2)cc1. The predicted octanol–water partition coefficient (Wildman–Crippen LogP) is 7.09. The number of hydrogen-bond donors (Lipinski definition) is 1. The van der Waals surface area contributed by atoms with Crippen LogP contribution in [0.5, 0.6) is 17.2 Å². The van der Waals surface area contributed by atoms with Crippen LogP contribution in [0.4, 0.5) is 5.69 Å². The van der Waals surface area contributed by atoms with Crippen LogP contribution >= 0.6 is 27.5 Å². The lowest BCUT2D eigenvalue weighted by atomic mass is 10.2. The van der Waals surface area contributed by atoms with E-state index in [2.05, 4.69) is 21.2 Å². The molecule has 0 saturated heterocycles. The Morgan fingerprint density at radius 2 is 1.53 bits per heavy atom. The smallest absolute Gasteiger partial charge is 0.175 e. The fourth-order valence-electron chi connectivity index (χ4n) is 2.90. The van der Waals surface area contributed by atoms with Crippen molar-refractivity contribution in [2.45, 2.75) is 27.0 Å². The highest BCUT2D eigenvalue weighted by Crippen LogP contribution is 2.37. The average molecular weight is 491 g/mol. The molecule has 30 heavy (non-hydrogen) atoms. The molecule has 1 N–H and O–H groups in total. The molecule has 0 atom stereocenters. The molecule has 4 nitrogen and oxygen atoms in total. The van der Waals surface area contributed by atoms with Gasteiger partial charge in [0.1, 0.15) is 12.4 Å². The quantitative estimate of drug-likeness (QED) is 0.329. The topological polar surface area (TPSA) is 39.7 Å². The van der Waals surface area contributed by atoms with Crippen molar-refractivity contribution in [1.82, 2.24) is 0 Å². The monoisotopic (exact) mass is 489 g/mol. The number of anilines is 1. The average Bonchev–Trinajstić information content (AvgIpc) is 2.74. The standard InChI is InChI=1S/C24H25BrClNO3/c1-3-28-21-11-9-20(10-12-21)27-15-18-13-22(25)24(23(14-18)29-4-2)30-16-17-5-7-19(26)8-6-17/h5-14,27H,3-4,15-16H2,1-2H3. The molecule has 0 aliphatic rings. The Bertz CT molecular complexity index is 946. The van der Waals surface area contributed by atoms with Gasteiger partial charge >= 0.3 is 0 Å². The Hall–Kier alpha value is -2.37. The van der Waals surface area contributed by atoms with Crippen LogP contribution in [0.2, 0.25) is 5.02 Å². The zero-order chi connectivity index (χ0) is 21.3. The molecule has 0 aliphatic heterocycles. The molecule has 0 bridgehead atoms. The summed E-state index contributed by atoms with van der Waals surface area (Å²) in [5, 5.41) is 4.13. The number of benzene rings is 3.